The molecule has 0 aromatic heterocycles. The van der Waals surface area contributed by atoms with Crippen LogP contribution in [-0.2, 0) is 4.79 Å². The molecule has 3 N–H and O–H groups in total. The minimum absolute atomic E-state index is 0.115. The maximum absolute atomic E-state index is 11.8. The fraction of sp³-hybridized carbons (Fsp3) is 0.867. The number of hydrogen-bond acceptors (Lipinski definition) is 2. The summed E-state index contributed by atoms with van der Waals surface area (Å²) in [6, 6.07) is 0.125. The molecule has 2 amide bonds. The Balaban J connectivity index is 1.58. The molecule has 2 aliphatic rings. The molecule has 2 aliphatic carbocycles. The average Bonchev–Trinajstić information content (AvgIpc) is 3.00. The van der Waals surface area contributed by atoms with E-state index in [0.29, 0.717) is 25.3 Å². The lowest BCUT2D eigenvalue weighted by atomic mass is 9.84. The normalized spacial score (nSPS) is 29.1. The number of urea groups is 1. The Labute approximate surface area is 120 Å². The molecule has 2 saturated carbocycles. The lowest BCUT2D eigenvalue weighted by Crippen LogP contribution is -2.45. The molecule has 4 unspecified atom stereocenters. The van der Waals surface area contributed by atoms with Gasteiger partial charge in [-0.1, -0.05) is 6.42 Å². The molecule has 114 valence electrons. The van der Waals surface area contributed by atoms with E-state index in [1.165, 1.54) is 25.7 Å². The number of nitrogens with one attached hydrogen (secondary N) is 2. The fourth-order valence-corrected chi connectivity index (χ4v) is 3.87. The maximum Gasteiger partial charge on any atom is 0.315 e. The average molecular weight is 282 g/mol. The van der Waals surface area contributed by atoms with Gasteiger partial charge in [-0.15, -0.1) is 0 Å². The van der Waals surface area contributed by atoms with Gasteiger partial charge in [0.1, 0.15) is 0 Å². The quantitative estimate of drug-likeness (QED) is 0.627. The Morgan fingerprint density at radius 2 is 2.05 bits per heavy atom. The van der Waals surface area contributed by atoms with Crippen molar-refractivity contribution < 1.29 is 14.7 Å². The van der Waals surface area contributed by atoms with E-state index in [1.807, 2.05) is 0 Å². The predicted molar refractivity (Wildman–Crippen MR) is 76.4 cm³/mol. The number of carboxylic acids is 1. The smallest absolute Gasteiger partial charge is 0.315 e. The van der Waals surface area contributed by atoms with Crippen LogP contribution in [0.15, 0.2) is 0 Å². The van der Waals surface area contributed by atoms with E-state index < -0.39 is 5.97 Å². The highest BCUT2D eigenvalue weighted by atomic mass is 16.4. The molecule has 2 rings (SSSR count). The highest BCUT2D eigenvalue weighted by Gasteiger charge is 2.42. The summed E-state index contributed by atoms with van der Waals surface area (Å²) < 4.78 is 0. The van der Waals surface area contributed by atoms with Crippen molar-refractivity contribution in [3.63, 3.8) is 0 Å². The fourth-order valence-electron chi connectivity index (χ4n) is 3.87. The molecular formula is C15H26N2O3. The molecule has 0 aliphatic heterocycles. The van der Waals surface area contributed by atoms with Gasteiger partial charge in [0, 0.05) is 19.0 Å². The van der Waals surface area contributed by atoms with Crippen molar-refractivity contribution in [2.75, 3.05) is 6.54 Å². The summed E-state index contributed by atoms with van der Waals surface area (Å²) in [7, 11) is 0. The maximum atomic E-state index is 11.8. The Morgan fingerprint density at radius 3 is 2.65 bits per heavy atom. The van der Waals surface area contributed by atoms with Gasteiger partial charge in [0.05, 0.1) is 0 Å². The monoisotopic (exact) mass is 282 g/mol. The molecule has 0 spiro atoms. The van der Waals surface area contributed by atoms with E-state index >= 15 is 0 Å². The first-order chi connectivity index (χ1) is 9.56. The zero-order valence-corrected chi connectivity index (χ0v) is 12.2. The minimum atomic E-state index is -0.778. The van der Waals surface area contributed by atoms with Gasteiger partial charge in [-0.05, 0) is 56.8 Å². The summed E-state index contributed by atoms with van der Waals surface area (Å²) in [6.07, 6.45) is 6.82. The van der Waals surface area contributed by atoms with Gasteiger partial charge in [0.25, 0.3) is 0 Å². The number of aliphatic carboxylic acids is 1. The Bertz CT molecular complexity index is 359. The van der Waals surface area contributed by atoms with Crippen LogP contribution < -0.4 is 10.6 Å². The van der Waals surface area contributed by atoms with Crippen LogP contribution in [0.1, 0.15) is 51.9 Å². The number of fused-ring (bicyclic) bond motifs is 2. The Hall–Kier alpha value is -1.26. The van der Waals surface area contributed by atoms with Gasteiger partial charge in [-0.3, -0.25) is 4.79 Å². The van der Waals surface area contributed by atoms with E-state index in [4.69, 9.17) is 5.11 Å². The SMILES string of the molecule is CC(NC(=O)NCCCCC(=O)O)C1CC2CCC1C2. The minimum Gasteiger partial charge on any atom is -0.481 e. The van der Waals surface area contributed by atoms with E-state index in [1.54, 1.807) is 0 Å². The van der Waals surface area contributed by atoms with Crippen LogP contribution in [0, 0.1) is 17.8 Å². The van der Waals surface area contributed by atoms with Crippen molar-refractivity contribution in [2.24, 2.45) is 17.8 Å². The number of rotatable bonds is 7. The molecule has 0 aromatic rings. The third kappa shape index (κ3) is 4.12. The number of amides is 2. The Morgan fingerprint density at radius 1 is 1.25 bits per heavy atom. The van der Waals surface area contributed by atoms with E-state index in [2.05, 4.69) is 17.6 Å². The zero-order valence-electron chi connectivity index (χ0n) is 12.2. The van der Waals surface area contributed by atoms with Gasteiger partial charge in [-0.25, -0.2) is 4.79 Å². The molecular weight excluding hydrogens is 256 g/mol. The van der Waals surface area contributed by atoms with Gasteiger partial charge in [0.2, 0.25) is 0 Å². The summed E-state index contributed by atoms with van der Waals surface area (Å²) in [5.41, 5.74) is 0. The van der Waals surface area contributed by atoms with Crippen molar-refractivity contribution >= 4 is 12.0 Å². The second kappa shape index (κ2) is 6.95. The topological polar surface area (TPSA) is 78.4 Å². The number of carbonyl (C=O) groups is 2. The second-order valence-corrected chi connectivity index (χ2v) is 6.38. The lowest BCUT2D eigenvalue weighted by molar-refractivity contribution is -0.137. The van der Waals surface area contributed by atoms with Crippen LogP contribution >= 0.6 is 0 Å². The summed E-state index contributed by atoms with van der Waals surface area (Å²) in [5, 5.41) is 14.4. The molecule has 0 aromatic carbocycles. The first-order valence-electron chi connectivity index (χ1n) is 7.82. The molecule has 0 saturated heterocycles. The van der Waals surface area contributed by atoms with Crippen LogP contribution in [-0.4, -0.2) is 29.7 Å². The van der Waals surface area contributed by atoms with Crippen molar-refractivity contribution in [1.82, 2.24) is 10.6 Å². The lowest BCUT2D eigenvalue weighted by Gasteiger charge is -2.28. The molecule has 0 heterocycles. The largest absolute Gasteiger partial charge is 0.481 e. The Kier molecular flexibility index (Phi) is 5.26. The highest BCUT2D eigenvalue weighted by molar-refractivity contribution is 5.74. The van der Waals surface area contributed by atoms with Crippen LogP contribution in [0.2, 0.25) is 0 Å². The molecule has 2 fully saturated rings. The van der Waals surface area contributed by atoms with Gasteiger partial charge in [0.15, 0.2) is 0 Å². The molecule has 4 atom stereocenters. The number of carbonyl (C=O) groups excluding carboxylic acids is 1. The first kappa shape index (κ1) is 15.1. The molecule has 0 radical (unpaired) electrons. The van der Waals surface area contributed by atoms with Crippen LogP contribution in [0.3, 0.4) is 0 Å². The van der Waals surface area contributed by atoms with Gasteiger partial charge < -0.3 is 15.7 Å². The molecule has 5 nitrogen and oxygen atoms in total. The van der Waals surface area contributed by atoms with E-state index in [-0.39, 0.29) is 18.5 Å². The molecule has 2 bridgehead atoms. The van der Waals surface area contributed by atoms with Crippen molar-refractivity contribution in [3.05, 3.63) is 0 Å². The highest BCUT2D eigenvalue weighted by Crippen LogP contribution is 2.49. The van der Waals surface area contributed by atoms with Gasteiger partial charge >= 0.3 is 12.0 Å². The molecule has 5 heteroatoms. The third-order valence-electron chi connectivity index (χ3n) is 4.90. The third-order valence-corrected chi connectivity index (χ3v) is 4.90. The van der Waals surface area contributed by atoms with Gasteiger partial charge in [-0.2, -0.15) is 0 Å². The number of unbranched alkanes of at least 4 members (excludes halogenated alkanes) is 1. The standard InChI is InChI=1S/C15H26N2O3/c1-10(13-9-11-5-6-12(13)8-11)17-15(20)16-7-3-2-4-14(18)19/h10-13H,2-9H2,1H3,(H,18,19)(H2,16,17,20). The summed E-state index contributed by atoms with van der Waals surface area (Å²) >= 11 is 0. The summed E-state index contributed by atoms with van der Waals surface area (Å²) in [6.45, 7) is 2.65. The predicted octanol–water partition coefficient (Wildman–Crippen LogP) is 2.37. The van der Waals surface area contributed by atoms with E-state index in [0.717, 1.165) is 11.8 Å². The van der Waals surface area contributed by atoms with Crippen LogP contribution in [0.4, 0.5) is 4.79 Å². The second-order valence-electron chi connectivity index (χ2n) is 6.38. The van der Waals surface area contributed by atoms with Crippen LogP contribution in [0.25, 0.3) is 0 Å². The van der Waals surface area contributed by atoms with E-state index in [9.17, 15) is 9.59 Å². The van der Waals surface area contributed by atoms with Crippen molar-refractivity contribution in [3.8, 4) is 0 Å². The summed E-state index contributed by atoms with van der Waals surface area (Å²) in [4.78, 5) is 22.1. The summed E-state index contributed by atoms with van der Waals surface area (Å²) in [5.74, 6) is 1.57. The zero-order chi connectivity index (χ0) is 14.5. The number of hydrogen-bond donors (Lipinski definition) is 3. The molecule has 20 heavy (non-hydrogen) atoms. The van der Waals surface area contributed by atoms with Crippen LogP contribution in [0.5, 0.6) is 0 Å². The van der Waals surface area contributed by atoms with Crippen molar-refractivity contribution in [2.45, 2.75) is 57.9 Å². The van der Waals surface area contributed by atoms with Crippen molar-refractivity contribution in [1.29, 1.82) is 0 Å². The number of carboxylic acid groups (broad SMARTS) is 1. The first-order valence-corrected chi connectivity index (χ1v) is 7.82.